The minimum atomic E-state index is -1.57. The highest BCUT2D eigenvalue weighted by molar-refractivity contribution is 6.30. The number of rotatable bonds is 4. The lowest BCUT2D eigenvalue weighted by molar-refractivity contribution is -0.156. The summed E-state index contributed by atoms with van der Waals surface area (Å²) in [7, 11) is 0. The van der Waals surface area contributed by atoms with E-state index in [1.165, 1.54) is 0 Å². The molecule has 0 bridgehead atoms. The molecule has 1 saturated heterocycles. The second kappa shape index (κ2) is 7.18. The van der Waals surface area contributed by atoms with Gasteiger partial charge < -0.3 is 14.4 Å². The van der Waals surface area contributed by atoms with Crippen molar-refractivity contribution in [3.05, 3.63) is 64.7 Å². The second-order valence-electron chi connectivity index (χ2n) is 8.23. The molecule has 1 amide bonds. The molecule has 2 heterocycles. The Labute approximate surface area is 185 Å². The van der Waals surface area contributed by atoms with Crippen LogP contribution in [0.3, 0.4) is 0 Å². The fraction of sp³-hybridized carbons (Fsp3) is 0.375. The fourth-order valence-electron chi connectivity index (χ4n) is 5.56. The van der Waals surface area contributed by atoms with E-state index in [2.05, 4.69) is 0 Å². The van der Waals surface area contributed by atoms with Gasteiger partial charge in [0.05, 0.1) is 18.6 Å². The molecule has 0 radical (unpaired) electrons. The topological polar surface area (TPSA) is 72.9 Å². The van der Waals surface area contributed by atoms with Crippen molar-refractivity contribution in [2.75, 3.05) is 26.3 Å². The molecule has 3 aliphatic rings. The molecule has 0 spiro atoms. The molecule has 2 fully saturated rings. The number of benzene rings is 2. The number of morpholine rings is 1. The molecule has 160 valence electrons. The number of carbonyl (C=O) groups is 3. The minimum absolute atomic E-state index is 0.230. The van der Waals surface area contributed by atoms with Crippen molar-refractivity contribution < 1.29 is 23.9 Å². The van der Waals surface area contributed by atoms with E-state index >= 15 is 0 Å². The lowest BCUT2D eigenvalue weighted by atomic mass is 9.82. The summed E-state index contributed by atoms with van der Waals surface area (Å²) in [4.78, 5) is 43.0. The number of hydrogen-bond acceptors (Lipinski definition) is 5. The molecule has 3 atom stereocenters. The van der Waals surface area contributed by atoms with Gasteiger partial charge in [-0.25, -0.2) is 0 Å². The normalized spacial score (nSPS) is 28.9. The van der Waals surface area contributed by atoms with Crippen molar-refractivity contribution in [1.82, 2.24) is 4.90 Å². The number of esters is 1. The van der Waals surface area contributed by atoms with Crippen LogP contribution in [0.2, 0.25) is 5.02 Å². The Bertz CT molecular complexity index is 1080. The Morgan fingerprint density at radius 1 is 1.10 bits per heavy atom. The van der Waals surface area contributed by atoms with Gasteiger partial charge in [0.15, 0.2) is 11.2 Å². The van der Waals surface area contributed by atoms with Crippen LogP contribution in [0.1, 0.15) is 35.2 Å². The minimum Gasteiger partial charge on any atom is -0.425 e. The fourth-order valence-corrected chi connectivity index (χ4v) is 5.68. The van der Waals surface area contributed by atoms with E-state index in [1.54, 1.807) is 41.3 Å². The quantitative estimate of drug-likeness (QED) is 0.315. The highest BCUT2D eigenvalue weighted by Gasteiger charge is 2.89. The van der Waals surface area contributed by atoms with Gasteiger partial charge in [-0.05, 0) is 36.8 Å². The summed E-state index contributed by atoms with van der Waals surface area (Å²) in [5.74, 6) is -1.36. The van der Waals surface area contributed by atoms with Gasteiger partial charge >= 0.3 is 5.97 Å². The summed E-state index contributed by atoms with van der Waals surface area (Å²) in [5.41, 5.74) is -1.61. The van der Waals surface area contributed by atoms with E-state index in [-0.39, 0.29) is 11.7 Å². The molecule has 2 aliphatic heterocycles. The van der Waals surface area contributed by atoms with Gasteiger partial charge in [0, 0.05) is 35.2 Å². The number of ketones is 1. The highest BCUT2D eigenvalue weighted by Crippen LogP contribution is 2.80. The Kier molecular flexibility index (Phi) is 4.68. The zero-order valence-corrected chi connectivity index (χ0v) is 17.9. The average Bonchev–Trinajstić information content (AvgIpc) is 3.46. The van der Waals surface area contributed by atoms with Crippen LogP contribution in [0.15, 0.2) is 48.5 Å². The van der Waals surface area contributed by atoms with Crippen molar-refractivity contribution >= 4 is 29.3 Å². The van der Waals surface area contributed by atoms with Crippen LogP contribution in [0.25, 0.3) is 0 Å². The number of amides is 1. The van der Waals surface area contributed by atoms with Crippen molar-refractivity contribution in [2.24, 2.45) is 10.8 Å². The summed E-state index contributed by atoms with van der Waals surface area (Å²) >= 11 is 6.01. The van der Waals surface area contributed by atoms with Crippen LogP contribution in [0, 0.1) is 10.8 Å². The average molecular weight is 440 g/mol. The first-order chi connectivity index (χ1) is 15.0. The molecule has 31 heavy (non-hydrogen) atoms. The first kappa shape index (κ1) is 20.2. The van der Waals surface area contributed by atoms with Gasteiger partial charge in [0.25, 0.3) is 0 Å². The molecule has 7 heteroatoms. The molecule has 6 nitrogen and oxygen atoms in total. The maximum atomic E-state index is 13.9. The maximum absolute atomic E-state index is 13.9. The number of carbonyl (C=O) groups excluding carboxylic acids is 3. The number of para-hydroxylation sites is 1. The second-order valence-corrected chi connectivity index (χ2v) is 8.67. The molecule has 5 rings (SSSR count). The van der Waals surface area contributed by atoms with Gasteiger partial charge in [-0.15, -0.1) is 0 Å². The van der Waals surface area contributed by atoms with E-state index in [0.717, 1.165) is 5.56 Å². The molecule has 0 N–H and O–H groups in total. The molecular weight excluding hydrogens is 418 g/mol. The Morgan fingerprint density at radius 3 is 2.45 bits per heavy atom. The summed E-state index contributed by atoms with van der Waals surface area (Å²) in [6.45, 7) is 3.44. The monoisotopic (exact) mass is 439 g/mol. The standard InChI is InChI=1S/C24H22ClNO5/c1-2-23(20(27)15-7-9-16(25)10-8-15)19-17-5-3-4-6-18(17)31-22(29)24(19,23)21(28)26-11-13-30-14-12-26/h3-10,19H,2,11-14H2,1H3/t19-,23-,24+/m1/s1. The van der Waals surface area contributed by atoms with E-state index in [0.29, 0.717) is 49.1 Å². The van der Waals surface area contributed by atoms with Crippen molar-refractivity contribution in [1.29, 1.82) is 0 Å². The largest absolute Gasteiger partial charge is 0.425 e. The van der Waals surface area contributed by atoms with Crippen LogP contribution in [-0.2, 0) is 14.3 Å². The Morgan fingerprint density at radius 2 is 1.77 bits per heavy atom. The van der Waals surface area contributed by atoms with Gasteiger partial charge in [0.1, 0.15) is 5.75 Å². The van der Waals surface area contributed by atoms with Crippen LogP contribution in [0.4, 0.5) is 0 Å². The van der Waals surface area contributed by atoms with E-state index in [4.69, 9.17) is 21.1 Å². The maximum Gasteiger partial charge on any atom is 0.328 e. The van der Waals surface area contributed by atoms with Gasteiger partial charge in [-0.2, -0.15) is 0 Å². The molecule has 2 aromatic rings. The lowest BCUT2D eigenvalue weighted by Gasteiger charge is -2.32. The van der Waals surface area contributed by atoms with E-state index < -0.39 is 22.7 Å². The molecule has 1 aliphatic carbocycles. The zero-order valence-electron chi connectivity index (χ0n) is 17.1. The highest BCUT2D eigenvalue weighted by atomic mass is 35.5. The van der Waals surface area contributed by atoms with Gasteiger partial charge in [-0.3, -0.25) is 14.4 Å². The number of Topliss-reactive ketones (excluding diaryl/α,β-unsaturated/α-hetero) is 1. The summed E-state index contributed by atoms with van der Waals surface area (Å²) in [6.07, 6.45) is 0.332. The lowest BCUT2D eigenvalue weighted by Crippen LogP contribution is -2.51. The number of hydrogen-bond donors (Lipinski definition) is 0. The summed E-state index contributed by atoms with van der Waals surface area (Å²) in [6, 6.07) is 13.8. The molecule has 1 saturated carbocycles. The Balaban J connectivity index is 1.68. The van der Waals surface area contributed by atoms with Crippen molar-refractivity contribution in [2.45, 2.75) is 19.3 Å². The number of fused-ring (bicyclic) bond motifs is 3. The van der Waals surface area contributed by atoms with E-state index in [1.807, 2.05) is 19.1 Å². The first-order valence-corrected chi connectivity index (χ1v) is 10.8. The molecule has 0 aromatic heterocycles. The Hall–Kier alpha value is -2.70. The van der Waals surface area contributed by atoms with Crippen LogP contribution in [0.5, 0.6) is 5.75 Å². The predicted octanol–water partition coefficient (Wildman–Crippen LogP) is 3.48. The van der Waals surface area contributed by atoms with E-state index in [9.17, 15) is 14.4 Å². The molecular formula is C24H22ClNO5. The van der Waals surface area contributed by atoms with Gasteiger partial charge in [0.2, 0.25) is 5.91 Å². The third-order valence-corrected chi connectivity index (χ3v) is 7.26. The van der Waals surface area contributed by atoms with Crippen LogP contribution < -0.4 is 4.74 Å². The first-order valence-electron chi connectivity index (χ1n) is 10.5. The third-order valence-electron chi connectivity index (χ3n) is 7.01. The number of ether oxygens (including phenoxy) is 2. The van der Waals surface area contributed by atoms with Crippen molar-refractivity contribution in [3.8, 4) is 5.75 Å². The predicted molar refractivity (Wildman–Crippen MR) is 113 cm³/mol. The van der Waals surface area contributed by atoms with Crippen LogP contribution >= 0.6 is 11.6 Å². The van der Waals surface area contributed by atoms with Crippen molar-refractivity contribution in [3.63, 3.8) is 0 Å². The smallest absolute Gasteiger partial charge is 0.328 e. The SMILES string of the molecule is CC[C@]1(C(=O)c2ccc(Cl)cc2)[C@H]2c3ccccc3OC(=O)[C@@]21C(=O)N1CCOCC1. The molecule has 0 unspecified atom stereocenters. The summed E-state index contributed by atoms with van der Waals surface area (Å²) < 4.78 is 11.1. The van der Waals surface area contributed by atoms with Crippen LogP contribution in [-0.4, -0.2) is 48.9 Å². The number of nitrogens with zero attached hydrogens (tertiary/aromatic N) is 1. The van der Waals surface area contributed by atoms with Gasteiger partial charge in [-0.1, -0.05) is 36.7 Å². The molecule has 2 aromatic carbocycles. The number of halogens is 1. The summed E-state index contributed by atoms with van der Waals surface area (Å²) in [5, 5.41) is 0.513. The third kappa shape index (κ3) is 2.58. The zero-order chi connectivity index (χ0) is 21.8.